The number of halogens is 1. The van der Waals surface area contributed by atoms with Gasteiger partial charge in [-0.1, -0.05) is 72.8 Å². The van der Waals surface area contributed by atoms with Crippen LogP contribution in [-0.4, -0.2) is 26.4 Å². The maximum atomic E-state index is 12.9. The summed E-state index contributed by atoms with van der Waals surface area (Å²) in [5.41, 5.74) is 7.03. The molecule has 3 aromatic carbocycles. The van der Waals surface area contributed by atoms with Crippen LogP contribution in [0.5, 0.6) is 0 Å². The van der Waals surface area contributed by atoms with E-state index in [1.54, 1.807) is 0 Å². The lowest BCUT2D eigenvalue weighted by molar-refractivity contribution is -0.113. The first-order chi connectivity index (χ1) is 16.4. The van der Waals surface area contributed by atoms with Gasteiger partial charge >= 0.3 is 0 Å². The number of aromatic nitrogens is 3. The Labute approximate surface area is 209 Å². The smallest absolute Gasteiger partial charge is 0.234 e. The minimum absolute atomic E-state index is 0.0798. The van der Waals surface area contributed by atoms with Crippen LogP contribution >= 0.6 is 23.4 Å². The van der Waals surface area contributed by atoms with E-state index in [2.05, 4.69) is 54.5 Å². The van der Waals surface area contributed by atoms with E-state index < -0.39 is 0 Å². The molecule has 4 aromatic rings. The normalized spacial score (nSPS) is 11.0. The Bertz CT molecular complexity index is 1350. The summed E-state index contributed by atoms with van der Waals surface area (Å²) in [5.74, 6) is 0.779. The van der Waals surface area contributed by atoms with Crippen molar-refractivity contribution in [2.75, 3.05) is 11.1 Å². The molecule has 1 aromatic heterocycles. The number of nitrogens with one attached hydrogen (secondary N) is 1. The van der Waals surface area contributed by atoms with Crippen molar-refractivity contribution >= 4 is 35.0 Å². The molecular formula is C27H27ClN4OS. The van der Waals surface area contributed by atoms with Crippen LogP contribution < -0.4 is 5.32 Å². The zero-order valence-corrected chi connectivity index (χ0v) is 21.3. The summed E-state index contributed by atoms with van der Waals surface area (Å²) in [5, 5.41) is 13.2. The highest BCUT2D eigenvalue weighted by atomic mass is 35.5. The van der Waals surface area contributed by atoms with Crippen molar-refractivity contribution in [3.8, 4) is 17.1 Å². The largest absolute Gasteiger partial charge is 0.325 e. The molecule has 1 N–H and O–H groups in total. The molecule has 0 saturated carbocycles. The summed E-state index contributed by atoms with van der Waals surface area (Å²) < 4.78 is 1.99. The van der Waals surface area contributed by atoms with Crippen LogP contribution in [0.2, 0.25) is 5.02 Å². The first-order valence-electron chi connectivity index (χ1n) is 11.2. The molecule has 1 amide bonds. The summed E-state index contributed by atoms with van der Waals surface area (Å²) >= 11 is 7.87. The fourth-order valence-corrected chi connectivity index (χ4v) is 4.83. The predicted octanol–water partition coefficient (Wildman–Crippen LogP) is 6.81. The number of amides is 1. The molecule has 4 rings (SSSR count). The molecule has 34 heavy (non-hydrogen) atoms. The van der Waals surface area contributed by atoms with E-state index >= 15 is 0 Å². The van der Waals surface area contributed by atoms with E-state index in [-0.39, 0.29) is 11.7 Å². The molecule has 0 unspecified atom stereocenters. The second-order valence-corrected chi connectivity index (χ2v) is 9.56. The third-order valence-electron chi connectivity index (χ3n) is 5.69. The summed E-state index contributed by atoms with van der Waals surface area (Å²) in [6, 6.07) is 19.9. The number of hydrogen-bond donors (Lipinski definition) is 1. The number of para-hydroxylation sites is 1. The third kappa shape index (κ3) is 5.03. The SMILES string of the molecule is CCc1cccc(C)c1NC(=O)CSc1nnc(-c2ccccc2Cl)n1-c1cc(C)ccc1C. The minimum Gasteiger partial charge on any atom is -0.325 e. The molecule has 1 heterocycles. The van der Waals surface area contributed by atoms with Crippen LogP contribution in [0.3, 0.4) is 0 Å². The second-order valence-electron chi connectivity index (χ2n) is 8.21. The Kier molecular flexibility index (Phi) is 7.39. The zero-order chi connectivity index (χ0) is 24.2. The average Bonchev–Trinajstić information content (AvgIpc) is 3.24. The molecule has 0 aliphatic heterocycles. The number of aryl methyl sites for hydroxylation is 4. The van der Waals surface area contributed by atoms with Crippen molar-refractivity contribution in [3.63, 3.8) is 0 Å². The fraction of sp³-hybridized carbons (Fsp3) is 0.222. The predicted molar refractivity (Wildman–Crippen MR) is 141 cm³/mol. The van der Waals surface area contributed by atoms with Crippen LogP contribution in [0.1, 0.15) is 29.2 Å². The lowest BCUT2D eigenvalue weighted by Crippen LogP contribution is -2.16. The van der Waals surface area contributed by atoms with E-state index in [0.29, 0.717) is 16.0 Å². The van der Waals surface area contributed by atoms with Crippen LogP contribution in [-0.2, 0) is 11.2 Å². The van der Waals surface area contributed by atoms with Crippen molar-refractivity contribution in [2.24, 2.45) is 0 Å². The molecule has 5 nitrogen and oxygen atoms in total. The average molecular weight is 491 g/mol. The number of nitrogens with zero attached hydrogens (tertiary/aromatic N) is 3. The molecule has 0 aliphatic carbocycles. The number of thioether (sulfide) groups is 1. The number of benzene rings is 3. The van der Waals surface area contributed by atoms with E-state index in [1.165, 1.54) is 11.8 Å². The molecular weight excluding hydrogens is 464 g/mol. The van der Waals surface area contributed by atoms with E-state index in [0.717, 1.165) is 45.6 Å². The lowest BCUT2D eigenvalue weighted by atomic mass is 10.1. The van der Waals surface area contributed by atoms with Gasteiger partial charge in [0.2, 0.25) is 5.91 Å². The van der Waals surface area contributed by atoms with Gasteiger partial charge in [-0.3, -0.25) is 9.36 Å². The highest BCUT2D eigenvalue weighted by Gasteiger charge is 2.20. The standard InChI is InChI=1S/C27H27ClN4OS/c1-5-20-10-8-9-19(4)25(20)29-24(33)16-34-27-31-30-26(21-11-6-7-12-22(21)28)32(27)23-15-17(2)13-14-18(23)3/h6-15H,5,16H2,1-4H3,(H,29,33). The Balaban J connectivity index is 1.67. The zero-order valence-electron chi connectivity index (χ0n) is 19.7. The monoisotopic (exact) mass is 490 g/mol. The van der Waals surface area contributed by atoms with Gasteiger partial charge < -0.3 is 5.32 Å². The van der Waals surface area contributed by atoms with Gasteiger partial charge in [-0.2, -0.15) is 0 Å². The van der Waals surface area contributed by atoms with Crippen LogP contribution in [0.4, 0.5) is 5.69 Å². The van der Waals surface area contributed by atoms with Crippen molar-refractivity contribution in [3.05, 3.63) is 87.9 Å². The Morgan fingerprint density at radius 3 is 2.56 bits per heavy atom. The number of carbonyl (C=O) groups is 1. The molecule has 0 saturated heterocycles. The highest BCUT2D eigenvalue weighted by molar-refractivity contribution is 7.99. The van der Waals surface area contributed by atoms with Gasteiger partial charge in [0.1, 0.15) is 0 Å². The summed E-state index contributed by atoms with van der Waals surface area (Å²) in [6.07, 6.45) is 0.854. The molecule has 0 atom stereocenters. The van der Waals surface area contributed by atoms with Gasteiger partial charge in [-0.15, -0.1) is 10.2 Å². The lowest BCUT2D eigenvalue weighted by Gasteiger charge is -2.15. The fourth-order valence-electron chi connectivity index (χ4n) is 3.87. The molecule has 174 valence electrons. The highest BCUT2D eigenvalue weighted by Crippen LogP contribution is 2.33. The van der Waals surface area contributed by atoms with E-state index in [1.807, 2.05) is 54.0 Å². The van der Waals surface area contributed by atoms with Crippen molar-refractivity contribution < 1.29 is 4.79 Å². The molecule has 0 aliphatic rings. The Morgan fingerprint density at radius 2 is 1.79 bits per heavy atom. The topological polar surface area (TPSA) is 59.8 Å². The van der Waals surface area contributed by atoms with Crippen LogP contribution in [0, 0.1) is 20.8 Å². The van der Waals surface area contributed by atoms with Crippen molar-refractivity contribution in [1.29, 1.82) is 0 Å². The van der Waals surface area contributed by atoms with E-state index in [4.69, 9.17) is 11.6 Å². The van der Waals surface area contributed by atoms with Crippen molar-refractivity contribution in [1.82, 2.24) is 14.8 Å². The van der Waals surface area contributed by atoms with Crippen LogP contribution in [0.15, 0.2) is 65.8 Å². The molecule has 0 radical (unpaired) electrons. The molecule has 0 bridgehead atoms. The Hall–Kier alpha value is -3.09. The number of carbonyl (C=O) groups excluding carboxylic acids is 1. The molecule has 7 heteroatoms. The van der Waals surface area contributed by atoms with Gasteiger partial charge in [0.15, 0.2) is 11.0 Å². The van der Waals surface area contributed by atoms with Gasteiger partial charge in [-0.25, -0.2) is 0 Å². The van der Waals surface area contributed by atoms with Crippen LogP contribution in [0.25, 0.3) is 17.1 Å². The summed E-state index contributed by atoms with van der Waals surface area (Å²) in [4.78, 5) is 12.9. The van der Waals surface area contributed by atoms with Gasteiger partial charge in [0, 0.05) is 11.3 Å². The second kappa shape index (κ2) is 10.5. The van der Waals surface area contributed by atoms with Gasteiger partial charge in [0.05, 0.1) is 16.5 Å². The summed E-state index contributed by atoms with van der Waals surface area (Å²) in [6.45, 7) is 8.20. The number of anilines is 1. The summed E-state index contributed by atoms with van der Waals surface area (Å²) in [7, 11) is 0. The van der Waals surface area contributed by atoms with Gasteiger partial charge in [-0.05, 0) is 67.6 Å². The maximum Gasteiger partial charge on any atom is 0.234 e. The molecule has 0 spiro atoms. The first kappa shape index (κ1) is 24.0. The number of hydrogen-bond acceptors (Lipinski definition) is 4. The molecule has 0 fully saturated rings. The maximum absolute atomic E-state index is 12.9. The number of rotatable bonds is 7. The first-order valence-corrected chi connectivity index (χ1v) is 12.5. The quantitative estimate of drug-likeness (QED) is 0.289. The Morgan fingerprint density at radius 1 is 1.00 bits per heavy atom. The van der Waals surface area contributed by atoms with Crippen molar-refractivity contribution in [2.45, 2.75) is 39.3 Å². The van der Waals surface area contributed by atoms with Gasteiger partial charge in [0.25, 0.3) is 0 Å². The third-order valence-corrected chi connectivity index (χ3v) is 6.95. The minimum atomic E-state index is -0.0798. The van der Waals surface area contributed by atoms with E-state index in [9.17, 15) is 4.79 Å².